The summed E-state index contributed by atoms with van der Waals surface area (Å²) in [5.41, 5.74) is 2.74. The lowest BCUT2D eigenvalue weighted by molar-refractivity contribution is -0.140. The Kier molecular flexibility index (Phi) is 7.03. The van der Waals surface area contributed by atoms with Crippen LogP contribution >= 0.6 is 0 Å². The van der Waals surface area contributed by atoms with E-state index in [1.54, 1.807) is 43.3 Å². The summed E-state index contributed by atoms with van der Waals surface area (Å²) in [5, 5.41) is 3.51. The highest BCUT2D eigenvalue weighted by Crippen LogP contribution is 2.24. The zero-order valence-electron chi connectivity index (χ0n) is 16.3. The molecule has 0 aliphatic heterocycles. The van der Waals surface area contributed by atoms with Crippen molar-refractivity contribution in [2.75, 3.05) is 18.6 Å². The lowest BCUT2D eigenvalue weighted by atomic mass is 10.1. The number of ketones is 1. The molecule has 0 saturated heterocycles. The van der Waals surface area contributed by atoms with Crippen LogP contribution in [0.3, 0.4) is 0 Å². The third kappa shape index (κ3) is 5.26. The van der Waals surface area contributed by atoms with Gasteiger partial charge in [0.25, 0.3) is 0 Å². The van der Waals surface area contributed by atoms with Crippen LogP contribution in [-0.4, -0.2) is 37.1 Å². The molecule has 7 nitrogen and oxygen atoms in total. The van der Waals surface area contributed by atoms with Gasteiger partial charge in [0.05, 0.1) is 12.2 Å². The molecule has 0 aromatic heterocycles. The highest BCUT2D eigenvalue weighted by molar-refractivity contribution is 6.45. The van der Waals surface area contributed by atoms with E-state index in [0.29, 0.717) is 17.7 Å². The molecule has 0 fully saturated rings. The second-order valence-corrected chi connectivity index (χ2v) is 5.96. The van der Waals surface area contributed by atoms with Crippen molar-refractivity contribution in [3.8, 4) is 0 Å². The maximum absolute atomic E-state index is 12.3. The van der Waals surface area contributed by atoms with Crippen molar-refractivity contribution in [1.29, 1.82) is 0 Å². The third-order valence-corrected chi connectivity index (χ3v) is 3.92. The van der Waals surface area contributed by atoms with E-state index in [2.05, 4.69) is 9.99 Å². The summed E-state index contributed by atoms with van der Waals surface area (Å²) >= 11 is 0. The van der Waals surface area contributed by atoms with Crippen molar-refractivity contribution < 1.29 is 24.0 Å². The molecule has 0 atom stereocenters. The predicted octanol–water partition coefficient (Wildman–Crippen LogP) is 3.75. The van der Waals surface area contributed by atoms with Gasteiger partial charge in [-0.2, -0.15) is 0 Å². The average molecular weight is 382 g/mol. The first kappa shape index (κ1) is 20.8. The van der Waals surface area contributed by atoms with E-state index in [1.165, 1.54) is 13.8 Å². The van der Waals surface area contributed by atoms with Crippen LogP contribution in [0.25, 0.3) is 0 Å². The highest BCUT2D eigenvalue weighted by Gasteiger charge is 2.13. The number of anilines is 2. The van der Waals surface area contributed by atoms with Crippen molar-refractivity contribution in [1.82, 2.24) is 0 Å². The van der Waals surface area contributed by atoms with Gasteiger partial charge in [0.1, 0.15) is 5.71 Å². The molecule has 146 valence electrons. The van der Waals surface area contributed by atoms with Crippen molar-refractivity contribution in [2.45, 2.75) is 20.8 Å². The molecule has 0 radical (unpaired) electrons. The van der Waals surface area contributed by atoms with Gasteiger partial charge in [0, 0.05) is 30.9 Å². The van der Waals surface area contributed by atoms with Gasteiger partial charge in [-0.15, -0.1) is 0 Å². The molecule has 0 N–H and O–H groups in total. The number of Topliss-reactive ketones (excluding diaryl/α,β-unsaturated/α-hetero) is 1. The molecule has 0 aliphatic rings. The number of hydrogen-bond acceptors (Lipinski definition) is 7. The first-order chi connectivity index (χ1) is 13.3. The van der Waals surface area contributed by atoms with Crippen molar-refractivity contribution >= 4 is 34.8 Å². The Morgan fingerprint density at radius 3 is 1.86 bits per heavy atom. The fraction of sp³-hybridized carbons (Fsp3) is 0.238. The van der Waals surface area contributed by atoms with Crippen LogP contribution < -0.4 is 4.90 Å². The van der Waals surface area contributed by atoms with Gasteiger partial charge in [-0.1, -0.05) is 5.16 Å². The minimum absolute atomic E-state index is 0.0888. The molecular weight excluding hydrogens is 360 g/mol. The fourth-order valence-electron chi connectivity index (χ4n) is 2.40. The van der Waals surface area contributed by atoms with Gasteiger partial charge in [-0.05, 0) is 62.4 Å². The maximum Gasteiger partial charge on any atom is 0.338 e. The van der Waals surface area contributed by atoms with Crippen LogP contribution in [0.1, 0.15) is 41.5 Å². The first-order valence-corrected chi connectivity index (χ1v) is 8.71. The minimum atomic E-state index is -0.585. The molecule has 28 heavy (non-hydrogen) atoms. The number of rotatable bonds is 7. The highest BCUT2D eigenvalue weighted by atomic mass is 16.7. The van der Waals surface area contributed by atoms with Crippen LogP contribution in [0.15, 0.2) is 53.7 Å². The maximum atomic E-state index is 12.3. The van der Waals surface area contributed by atoms with Gasteiger partial charge in [0.2, 0.25) is 5.78 Å². The van der Waals surface area contributed by atoms with E-state index < -0.39 is 5.97 Å². The van der Waals surface area contributed by atoms with Gasteiger partial charge in [0.15, 0.2) is 0 Å². The molecule has 0 unspecified atom stereocenters. The molecule has 0 spiro atoms. The number of carbonyl (C=O) groups excluding carboxylic acids is 3. The Morgan fingerprint density at radius 2 is 1.39 bits per heavy atom. The normalized spacial score (nSPS) is 10.9. The number of ether oxygens (including phenoxy) is 1. The summed E-state index contributed by atoms with van der Waals surface area (Å²) in [4.78, 5) is 41.2. The van der Waals surface area contributed by atoms with E-state index in [9.17, 15) is 14.4 Å². The van der Waals surface area contributed by atoms with Crippen LogP contribution in [-0.2, 0) is 14.4 Å². The Hall–Kier alpha value is -3.48. The van der Waals surface area contributed by atoms with E-state index >= 15 is 0 Å². The number of benzene rings is 2. The third-order valence-electron chi connectivity index (χ3n) is 3.92. The Balaban J connectivity index is 2.12. The van der Waals surface area contributed by atoms with Gasteiger partial charge in [-0.25, -0.2) is 9.59 Å². The van der Waals surface area contributed by atoms with Crippen molar-refractivity contribution in [2.24, 2.45) is 5.16 Å². The van der Waals surface area contributed by atoms with E-state index in [-0.39, 0.29) is 17.5 Å². The molecule has 0 bridgehead atoms. The summed E-state index contributed by atoms with van der Waals surface area (Å²) in [7, 11) is 1.88. The lowest BCUT2D eigenvalue weighted by Crippen LogP contribution is -2.13. The van der Waals surface area contributed by atoms with Crippen LogP contribution in [0.2, 0.25) is 0 Å². The van der Waals surface area contributed by atoms with Crippen LogP contribution in [0.5, 0.6) is 0 Å². The number of oxime groups is 1. The minimum Gasteiger partial charge on any atom is -0.462 e. The molecule has 0 heterocycles. The predicted molar refractivity (Wildman–Crippen MR) is 106 cm³/mol. The second-order valence-electron chi connectivity index (χ2n) is 5.96. The Labute approximate surface area is 163 Å². The van der Waals surface area contributed by atoms with Gasteiger partial charge < -0.3 is 14.5 Å². The Bertz CT molecular complexity index is 886. The van der Waals surface area contributed by atoms with Crippen molar-refractivity contribution in [3.05, 3.63) is 59.7 Å². The zero-order valence-corrected chi connectivity index (χ0v) is 16.3. The summed E-state index contributed by atoms with van der Waals surface area (Å²) in [6.45, 7) is 4.79. The SMILES string of the molecule is CCOC(=O)c1ccc(N(C)c2ccc(C(=O)/C(C)=N/OC(C)=O)cc2)cc1. The quantitative estimate of drug-likeness (QED) is 0.238. The molecule has 7 heteroatoms. The number of carbonyl (C=O) groups is 3. The molecule has 2 rings (SSSR count). The fourth-order valence-corrected chi connectivity index (χ4v) is 2.40. The topological polar surface area (TPSA) is 85.3 Å². The van der Waals surface area contributed by atoms with E-state index in [4.69, 9.17) is 4.74 Å². The smallest absolute Gasteiger partial charge is 0.338 e. The molecule has 0 aliphatic carbocycles. The molecule has 0 amide bonds. The monoisotopic (exact) mass is 382 g/mol. The summed E-state index contributed by atoms with van der Waals surface area (Å²) in [6.07, 6.45) is 0. The molecule has 2 aromatic rings. The summed E-state index contributed by atoms with van der Waals surface area (Å²) < 4.78 is 4.98. The van der Waals surface area contributed by atoms with E-state index in [0.717, 1.165) is 11.4 Å². The molecule has 0 saturated carbocycles. The largest absolute Gasteiger partial charge is 0.462 e. The number of hydrogen-bond donors (Lipinski definition) is 0. The summed E-state index contributed by atoms with van der Waals surface area (Å²) in [5.74, 6) is -1.27. The van der Waals surface area contributed by atoms with Gasteiger partial charge in [-0.3, -0.25) is 4.79 Å². The lowest BCUT2D eigenvalue weighted by Gasteiger charge is -2.20. The van der Waals surface area contributed by atoms with E-state index in [1.807, 2.05) is 24.1 Å². The summed E-state index contributed by atoms with van der Waals surface area (Å²) in [6, 6.07) is 14.0. The average Bonchev–Trinajstić information content (AvgIpc) is 2.71. The van der Waals surface area contributed by atoms with Gasteiger partial charge >= 0.3 is 11.9 Å². The standard InChI is InChI=1S/C21H22N2O5/c1-5-27-21(26)17-8-12-19(13-9-17)23(4)18-10-6-16(7-11-18)20(25)14(2)22-28-15(3)24/h6-13H,5H2,1-4H3/b22-14+. The number of esters is 1. The Morgan fingerprint density at radius 1 is 0.893 bits per heavy atom. The molecule has 2 aromatic carbocycles. The number of nitrogens with zero attached hydrogens (tertiary/aromatic N) is 2. The molecular formula is C21H22N2O5. The van der Waals surface area contributed by atoms with Crippen LogP contribution in [0, 0.1) is 0 Å². The van der Waals surface area contributed by atoms with Crippen LogP contribution in [0.4, 0.5) is 11.4 Å². The van der Waals surface area contributed by atoms with Crippen molar-refractivity contribution in [3.63, 3.8) is 0 Å². The second kappa shape index (κ2) is 9.45. The first-order valence-electron chi connectivity index (χ1n) is 8.71. The zero-order chi connectivity index (χ0) is 20.7.